The van der Waals surface area contributed by atoms with Crippen molar-refractivity contribution in [1.82, 2.24) is 5.32 Å². The number of carboxylic acid groups (broad SMARTS) is 1. The van der Waals surface area contributed by atoms with Crippen LogP contribution in [-0.4, -0.2) is 41.3 Å². The van der Waals surface area contributed by atoms with E-state index in [0.717, 1.165) is 0 Å². The van der Waals surface area contributed by atoms with Gasteiger partial charge in [-0.05, 0) is 19.3 Å². The number of carbonyl (C=O) groups is 3. The number of carboxylic acids is 1. The Morgan fingerprint density at radius 2 is 1.71 bits per heavy atom. The highest BCUT2D eigenvalue weighted by Gasteiger charge is 2.41. The number of hydrogen-bond acceptors (Lipinski definition) is 4. The van der Waals surface area contributed by atoms with E-state index in [1.54, 1.807) is 13.8 Å². The molecule has 1 amide bonds. The molecule has 0 aromatic rings. The first-order valence-electron chi connectivity index (χ1n) is 6.41. The van der Waals surface area contributed by atoms with Gasteiger partial charge in [0.05, 0.1) is 0 Å². The predicted octanol–water partition coefficient (Wildman–Crippen LogP) is 1.63. The highest BCUT2D eigenvalue weighted by Crippen LogP contribution is 2.16. The van der Waals surface area contributed by atoms with Crippen LogP contribution in [0.25, 0.3) is 0 Å². The van der Waals surface area contributed by atoms with E-state index in [1.165, 1.54) is 5.32 Å². The van der Waals surface area contributed by atoms with Gasteiger partial charge in [0.2, 0.25) is 0 Å². The Bertz CT molecular complexity index is 380. The summed E-state index contributed by atoms with van der Waals surface area (Å²) in [4.78, 5) is 33.1. The molecular formula is C12H18F3NO5. The molecule has 9 heteroatoms. The van der Waals surface area contributed by atoms with Crippen molar-refractivity contribution in [3.63, 3.8) is 0 Å². The number of halogens is 3. The molecule has 0 fully saturated rings. The predicted molar refractivity (Wildman–Crippen MR) is 65.3 cm³/mol. The Morgan fingerprint density at radius 1 is 1.19 bits per heavy atom. The van der Waals surface area contributed by atoms with Crippen molar-refractivity contribution in [1.29, 1.82) is 0 Å². The van der Waals surface area contributed by atoms with E-state index in [1.807, 2.05) is 0 Å². The highest BCUT2D eigenvalue weighted by molar-refractivity contribution is 5.87. The molecule has 0 radical (unpaired) electrons. The minimum atomic E-state index is -5.16. The van der Waals surface area contributed by atoms with Crippen LogP contribution in [0.5, 0.6) is 0 Å². The summed E-state index contributed by atoms with van der Waals surface area (Å²) >= 11 is 0. The molecule has 0 rings (SSSR count). The molecule has 6 nitrogen and oxygen atoms in total. The van der Waals surface area contributed by atoms with Crippen LogP contribution < -0.4 is 5.32 Å². The highest BCUT2D eigenvalue weighted by atomic mass is 19.4. The molecule has 2 N–H and O–H groups in total. The SMILES string of the molecule is CCC(CC)OC(=O)C(CCC(=O)O)NC(=O)C(F)(F)F. The molecule has 0 aliphatic heterocycles. The van der Waals surface area contributed by atoms with Crippen molar-refractivity contribution in [2.45, 2.75) is 57.9 Å². The summed E-state index contributed by atoms with van der Waals surface area (Å²) < 4.78 is 41.5. The van der Waals surface area contributed by atoms with Gasteiger partial charge in [-0.1, -0.05) is 13.8 Å². The lowest BCUT2D eigenvalue weighted by Gasteiger charge is -2.21. The maximum Gasteiger partial charge on any atom is 0.471 e. The molecule has 122 valence electrons. The number of alkyl halides is 3. The molecule has 1 unspecified atom stereocenters. The van der Waals surface area contributed by atoms with E-state index < -0.39 is 49.0 Å². The number of carbonyl (C=O) groups excluding carboxylic acids is 2. The van der Waals surface area contributed by atoms with Gasteiger partial charge in [0, 0.05) is 6.42 Å². The molecule has 0 aliphatic rings. The fourth-order valence-corrected chi connectivity index (χ4v) is 1.46. The summed E-state index contributed by atoms with van der Waals surface area (Å²) in [5.41, 5.74) is 0. The fourth-order valence-electron chi connectivity index (χ4n) is 1.46. The first-order valence-corrected chi connectivity index (χ1v) is 6.41. The van der Waals surface area contributed by atoms with E-state index in [0.29, 0.717) is 12.8 Å². The second-order valence-corrected chi connectivity index (χ2v) is 4.33. The van der Waals surface area contributed by atoms with E-state index in [-0.39, 0.29) is 0 Å². The van der Waals surface area contributed by atoms with Crippen LogP contribution in [0, 0.1) is 0 Å². The summed E-state index contributed by atoms with van der Waals surface area (Å²) in [6, 6.07) is -1.64. The Hall–Kier alpha value is -1.80. The zero-order valence-electron chi connectivity index (χ0n) is 11.7. The molecule has 0 spiro atoms. The van der Waals surface area contributed by atoms with Crippen molar-refractivity contribution in [2.75, 3.05) is 0 Å². The third-order valence-electron chi connectivity index (χ3n) is 2.69. The first-order chi connectivity index (χ1) is 9.61. The summed E-state index contributed by atoms with van der Waals surface area (Å²) in [6.45, 7) is 3.45. The van der Waals surface area contributed by atoms with Crippen LogP contribution >= 0.6 is 0 Å². The van der Waals surface area contributed by atoms with Gasteiger partial charge in [0.1, 0.15) is 12.1 Å². The van der Waals surface area contributed by atoms with Crippen LogP contribution in [0.4, 0.5) is 13.2 Å². The van der Waals surface area contributed by atoms with Gasteiger partial charge in [-0.15, -0.1) is 0 Å². The van der Waals surface area contributed by atoms with Gasteiger partial charge in [-0.2, -0.15) is 13.2 Å². The van der Waals surface area contributed by atoms with Crippen LogP contribution in [0.3, 0.4) is 0 Å². The molecule has 0 heterocycles. The maximum absolute atomic E-state index is 12.2. The molecule has 0 saturated carbocycles. The Balaban J connectivity index is 4.83. The van der Waals surface area contributed by atoms with Gasteiger partial charge < -0.3 is 15.2 Å². The van der Waals surface area contributed by atoms with E-state index in [4.69, 9.17) is 9.84 Å². The topological polar surface area (TPSA) is 92.7 Å². The Labute approximate surface area is 119 Å². The third kappa shape index (κ3) is 7.52. The van der Waals surface area contributed by atoms with Crippen LogP contribution in [0.2, 0.25) is 0 Å². The molecule has 0 aromatic carbocycles. The lowest BCUT2D eigenvalue weighted by Crippen LogP contribution is -2.48. The largest absolute Gasteiger partial charge is 0.481 e. The molecule has 0 aliphatic carbocycles. The number of hydrogen-bond donors (Lipinski definition) is 2. The van der Waals surface area contributed by atoms with Gasteiger partial charge in [-0.3, -0.25) is 9.59 Å². The van der Waals surface area contributed by atoms with Crippen LogP contribution in [0.1, 0.15) is 39.5 Å². The molecule has 21 heavy (non-hydrogen) atoms. The quantitative estimate of drug-likeness (QED) is 0.664. The van der Waals surface area contributed by atoms with Gasteiger partial charge in [0.15, 0.2) is 0 Å². The molecular weight excluding hydrogens is 295 g/mol. The number of esters is 1. The second kappa shape index (κ2) is 8.48. The lowest BCUT2D eigenvalue weighted by atomic mass is 10.1. The second-order valence-electron chi connectivity index (χ2n) is 4.33. The average molecular weight is 313 g/mol. The van der Waals surface area contributed by atoms with Crippen molar-refractivity contribution in [2.24, 2.45) is 0 Å². The Kier molecular flexibility index (Phi) is 7.75. The Morgan fingerprint density at radius 3 is 2.10 bits per heavy atom. The number of rotatable bonds is 8. The number of amides is 1. The van der Waals surface area contributed by atoms with Crippen molar-refractivity contribution < 1.29 is 37.4 Å². The maximum atomic E-state index is 12.2. The fraction of sp³-hybridized carbons (Fsp3) is 0.750. The van der Waals surface area contributed by atoms with E-state index in [2.05, 4.69) is 0 Å². The van der Waals surface area contributed by atoms with Crippen molar-refractivity contribution in [3.05, 3.63) is 0 Å². The van der Waals surface area contributed by atoms with Gasteiger partial charge in [0.25, 0.3) is 0 Å². The monoisotopic (exact) mass is 313 g/mol. The molecule has 0 bridgehead atoms. The normalized spacial score (nSPS) is 12.9. The molecule has 1 atom stereocenters. The van der Waals surface area contributed by atoms with Gasteiger partial charge >= 0.3 is 24.0 Å². The zero-order valence-corrected chi connectivity index (χ0v) is 11.7. The minimum absolute atomic E-state index is 0.459. The van der Waals surface area contributed by atoms with Crippen LogP contribution in [-0.2, 0) is 19.1 Å². The van der Waals surface area contributed by atoms with Crippen molar-refractivity contribution in [3.8, 4) is 0 Å². The lowest BCUT2D eigenvalue weighted by molar-refractivity contribution is -0.176. The summed E-state index contributed by atoms with van der Waals surface area (Å²) in [5.74, 6) is -4.67. The zero-order chi connectivity index (χ0) is 16.6. The minimum Gasteiger partial charge on any atom is -0.481 e. The standard InChI is InChI=1S/C12H18F3NO5/c1-3-7(4-2)21-10(19)8(5-6-9(17)18)16-11(20)12(13,14)15/h7-8H,3-6H2,1-2H3,(H,16,20)(H,17,18). The summed E-state index contributed by atoms with van der Waals surface area (Å²) in [7, 11) is 0. The van der Waals surface area contributed by atoms with E-state index >= 15 is 0 Å². The van der Waals surface area contributed by atoms with Gasteiger partial charge in [-0.25, -0.2) is 4.79 Å². The number of nitrogens with one attached hydrogen (secondary N) is 1. The van der Waals surface area contributed by atoms with Crippen LogP contribution in [0.15, 0.2) is 0 Å². The average Bonchev–Trinajstić information content (AvgIpc) is 2.38. The summed E-state index contributed by atoms with van der Waals surface area (Å²) in [6.07, 6.45) is -5.77. The smallest absolute Gasteiger partial charge is 0.471 e. The van der Waals surface area contributed by atoms with Crippen molar-refractivity contribution >= 4 is 17.8 Å². The molecule has 0 aromatic heterocycles. The summed E-state index contributed by atoms with van der Waals surface area (Å²) in [5, 5.41) is 9.99. The number of ether oxygens (including phenoxy) is 1. The molecule has 0 saturated heterocycles. The third-order valence-corrected chi connectivity index (χ3v) is 2.69. The number of aliphatic carboxylic acids is 1. The van der Waals surface area contributed by atoms with E-state index in [9.17, 15) is 27.6 Å². The first kappa shape index (κ1) is 19.2.